The molecule has 2 nitrogen and oxygen atoms in total. The summed E-state index contributed by atoms with van der Waals surface area (Å²) in [5.41, 5.74) is 16.8. The van der Waals surface area contributed by atoms with Crippen LogP contribution in [0, 0.1) is 0 Å². The van der Waals surface area contributed by atoms with E-state index in [1.807, 2.05) is 0 Å². The van der Waals surface area contributed by atoms with Crippen molar-refractivity contribution in [1.29, 1.82) is 0 Å². The van der Waals surface area contributed by atoms with Gasteiger partial charge in [-0.25, -0.2) is 0 Å². The lowest BCUT2D eigenvalue weighted by molar-refractivity contribution is 0.490. The Morgan fingerprint density at radius 2 is 0.855 bits per heavy atom. The van der Waals surface area contributed by atoms with Crippen molar-refractivity contribution in [3.63, 3.8) is 0 Å². The van der Waals surface area contributed by atoms with E-state index in [1.54, 1.807) is 0 Å². The van der Waals surface area contributed by atoms with E-state index in [9.17, 15) is 0 Å². The number of rotatable bonds is 8. The summed E-state index contributed by atoms with van der Waals surface area (Å²) in [5.74, 6) is 0. The smallest absolute Gasteiger partial charge is 0.0541 e. The fourth-order valence-electron chi connectivity index (χ4n) is 9.60. The third kappa shape index (κ3) is 5.23. The van der Waals surface area contributed by atoms with Crippen LogP contribution in [0.1, 0.15) is 67.0 Å². The molecule has 10 rings (SSSR count). The first kappa shape index (κ1) is 33.2. The maximum absolute atomic E-state index is 2.46. The molecule has 0 N–H and O–H groups in total. The van der Waals surface area contributed by atoms with E-state index in [4.69, 9.17) is 0 Å². The molecule has 7 aromatic carbocycles. The molecule has 1 aliphatic rings. The molecule has 9 aromatic rings. The van der Waals surface area contributed by atoms with Crippen molar-refractivity contribution in [1.82, 2.24) is 9.13 Å². The summed E-state index contributed by atoms with van der Waals surface area (Å²) in [6, 6.07) is 56.1. The van der Waals surface area contributed by atoms with Gasteiger partial charge in [0.15, 0.2) is 0 Å². The van der Waals surface area contributed by atoms with Crippen LogP contribution in [-0.2, 0) is 12.0 Å². The van der Waals surface area contributed by atoms with Gasteiger partial charge in [0.1, 0.15) is 0 Å². The van der Waals surface area contributed by atoms with Crippen molar-refractivity contribution in [3.8, 4) is 16.8 Å². The molecule has 0 aliphatic heterocycles. The van der Waals surface area contributed by atoms with Crippen molar-refractivity contribution in [2.45, 2.75) is 45.6 Å². The van der Waals surface area contributed by atoms with Crippen molar-refractivity contribution >= 4 is 67.9 Å². The number of para-hydroxylation sites is 3. The maximum Gasteiger partial charge on any atom is 0.0541 e. The van der Waals surface area contributed by atoms with Crippen LogP contribution in [0.25, 0.3) is 84.7 Å². The van der Waals surface area contributed by atoms with E-state index < -0.39 is 0 Å². The number of benzene rings is 7. The second-order valence-electron chi connectivity index (χ2n) is 15.1. The molecule has 0 unspecified atom stereocenters. The zero-order valence-corrected chi connectivity index (χ0v) is 31.8. The van der Waals surface area contributed by atoms with E-state index in [1.165, 1.54) is 93.8 Å². The van der Waals surface area contributed by atoms with E-state index in [-0.39, 0.29) is 5.41 Å². The molecule has 2 aromatic heterocycles. The normalized spacial score (nSPS) is 13.6. The van der Waals surface area contributed by atoms with Gasteiger partial charge in [0.25, 0.3) is 0 Å². The number of aromatic nitrogens is 2. The van der Waals surface area contributed by atoms with Gasteiger partial charge in [-0.1, -0.05) is 141 Å². The summed E-state index contributed by atoms with van der Waals surface area (Å²) in [7, 11) is 0. The predicted molar refractivity (Wildman–Crippen MR) is 237 cm³/mol. The van der Waals surface area contributed by atoms with Gasteiger partial charge in [-0.3, -0.25) is 0 Å². The third-order valence-corrected chi connectivity index (χ3v) is 12.4. The van der Waals surface area contributed by atoms with Crippen molar-refractivity contribution in [3.05, 3.63) is 185 Å². The van der Waals surface area contributed by atoms with E-state index in [2.05, 4.69) is 206 Å². The first-order chi connectivity index (χ1) is 27.1. The minimum absolute atomic E-state index is 0.0164. The lowest BCUT2D eigenvalue weighted by Gasteiger charge is -2.30. The van der Waals surface area contributed by atoms with Crippen LogP contribution >= 0.6 is 0 Å². The lowest BCUT2D eigenvalue weighted by atomic mass is 9.73. The van der Waals surface area contributed by atoms with Crippen molar-refractivity contribution in [2.24, 2.45) is 0 Å². The predicted octanol–water partition coefficient (Wildman–Crippen LogP) is 14.3. The van der Waals surface area contributed by atoms with Crippen LogP contribution < -0.4 is 0 Å². The van der Waals surface area contributed by atoms with Gasteiger partial charge in [0.05, 0.1) is 11.0 Å². The number of nitrogens with zero attached hydrogens (tertiary/aromatic N) is 2. The number of hydrogen-bond acceptors (Lipinski definition) is 0. The first-order valence-corrected chi connectivity index (χ1v) is 19.9. The summed E-state index contributed by atoms with van der Waals surface area (Å²) in [5, 5.41) is 5.19. The largest absolute Gasteiger partial charge is 0.341 e. The van der Waals surface area contributed by atoms with Gasteiger partial charge in [-0.15, -0.1) is 0 Å². The topological polar surface area (TPSA) is 9.86 Å². The average molecular weight is 709 g/mol. The zero-order valence-electron chi connectivity index (χ0n) is 31.8. The molecule has 2 heterocycles. The minimum Gasteiger partial charge on any atom is -0.341 e. The second kappa shape index (κ2) is 13.2. The van der Waals surface area contributed by atoms with E-state index >= 15 is 0 Å². The van der Waals surface area contributed by atoms with Crippen LogP contribution in [-0.4, -0.2) is 9.13 Å². The minimum atomic E-state index is -0.0164. The molecule has 0 saturated carbocycles. The molecule has 1 aliphatic carbocycles. The SMILES string of the molecule is CCn1c2ccccc2c2cc(/C=C/c3ccc4c(c3)C(CC)(CC)c3cc(/C=C/c5ccc6c(c5)c5ccccc5n6-c5ccccc5)ccc3-4)ccc21. The Bertz CT molecular complexity index is 2980. The summed E-state index contributed by atoms with van der Waals surface area (Å²) < 4.78 is 4.79. The highest BCUT2D eigenvalue weighted by atomic mass is 15.0. The monoisotopic (exact) mass is 708 g/mol. The molecule has 0 saturated heterocycles. The first-order valence-electron chi connectivity index (χ1n) is 19.9. The molecule has 0 atom stereocenters. The Labute approximate surface area is 323 Å². The Morgan fingerprint density at radius 1 is 0.418 bits per heavy atom. The second-order valence-corrected chi connectivity index (χ2v) is 15.1. The van der Waals surface area contributed by atoms with E-state index in [0.717, 1.165) is 19.4 Å². The van der Waals surface area contributed by atoms with Crippen LogP contribution in [0.15, 0.2) is 152 Å². The summed E-state index contributed by atoms with van der Waals surface area (Å²) in [6.07, 6.45) is 11.3. The highest BCUT2D eigenvalue weighted by molar-refractivity contribution is 6.10. The molecule has 0 spiro atoms. The van der Waals surface area contributed by atoms with Gasteiger partial charge < -0.3 is 9.13 Å². The van der Waals surface area contributed by atoms with Gasteiger partial charge in [0, 0.05) is 50.2 Å². The standard InChI is InChI=1S/C53H44N2/c1-4-53(5-2)47-34-38(22-20-36-26-30-50-45(32-36)43-16-10-12-18-49(43)54(50)6-3)24-28-41(47)42-29-25-39(35-48(42)53)23-21-37-27-31-52-46(33-37)44-17-11-13-19-51(44)55(52)40-14-8-7-9-15-40/h7-35H,4-6H2,1-3H3/b22-20+,23-21+. The fourth-order valence-corrected chi connectivity index (χ4v) is 9.60. The van der Waals surface area contributed by atoms with E-state index in [0.29, 0.717) is 0 Å². The van der Waals surface area contributed by atoms with Gasteiger partial charge in [-0.2, -0.15) is 0 Å². The van der Waals surface area contributed by atoms with Gasteiger partial charge in [0.2, 0.25) is 0 Å². The Morgan fingerprint density at radius 3 is 1.44 bits per heavy atom. The highest BCUT2D eigenvalue weighted by Gasteiger charge is 2.40. The highest BCUT2D eigenvalue weighted by Crippen LogP contribution is 2.53. The molecule has 266 valence electrons. The van der Waals surface area contributed by atoms with Crippen LogP contribution in [0.3, 0.4) is 0 Å². The summed E-state index contributed by atoms with van der Waals surface area (Å²) >= 11 is 0. The number of aryl methyl sites for hydroxylation is 1. The van der Waals surface area contributed by atoms with Gasteiger partial charge >= 0.3 is 0 Å². The number of fused-ring (bicyclic) bond motifs is 9. The molecule has 0 radical (unpaired) electrons. The summed E-state index contributed by atoms with van der Waals surface area (Å²) in [6.45, 7) is 7.90. The third-order valence-electron chi connectivity index (χ3n) is 12.4. The molecule has 2 heteroatoms. The summed E-state index contributed by atoms with van der Waals surface area (Å²) in [4.78, 5) is 0. The quantitative estimate of drug-likeness (QED) is 0.139. The lowest BCUT2D eigenvalue weighted by Crippen LogP contribution is -2.23. The Balaban J connectivity index is 0.968. The zero-order chi connectivity index (χ0) is 37.1. The maximum atomic E-state index is 2.46. The molecule has 55 heavy (non-hydrogen) atoms. The molecule has 0 bridgehead atoms. The van der Waals surface area contributed by atoms with Crippen LogP contribution in [0.2, 0.25) is 0 Å². The molecular weight excluding hydrogens is 665 g/mol. The Hall–Kier alpha value is -6.38. The molecule has 0 fully saturated rings. The number of hydrogen-bond donors (Lipinski definition) is 0. The Kier molecular flexibility index (Phi) is 7.96. The molecular formula is C53H44N2. The fraction of sp³-hybridized carbons (Fsp3) is 0.132. The molecule has 0 amide bonds. The van der Waals surface area contributed by atoms with Crippen LogP contribution in [0.4, 0.5) is 0 Å². The average Bonchev–Trinajstić information content (AvgIpc) is 3.85. The van der Waals surface area contributed by atoms with Crippen LogP contribution in [0.5, 0.6) is 0 Å². The van der Waals surface area contributed by atoms with Crippen molar-refractivity contribution in [2.75, 3.05) is 0 Å². The van der Waals surface area contributed by atoms with Crippen molar-refractivity contribution < 1.29 is 0 Å². The van der Waals surface area contributed by atoms with Gasteiger partial charge in [-0.05, 0) is 113 Å².